The SMILES string of the molecule is COc1ccccc1NC(N)=NCC(=O)Nc1cccc(Br)c1.I. The first-order valence-electron chi connectivity index (χ1n) is 6.84. The first-order valence-corrected chi connectivity index (χ1v) is 7.63. The number of rotatable bonds is 5. The van der Waals surface area contributed by atoms with E-state index in [1.807, 2.05) is 30.3 Å². The monoisotopic (exact) mass is 504 g/mol. The van der Waals surface area contributed by atoms with Gasteiger partial charge in [0.05, 0.1) is 12.8 Å². The van der Waals surface area contributed by atoms with Gasteiger partial charge >= 0.3 is 0 Å². The van der Waals surface area contributed by atoms with E-state index in [9.17, 15) is 4.79 Å². The molecule has 0 saturated carbocycles. The molecule has 0 aromatic heterocycles. The van der Waals surface area contributed by atoms with Crippen molar-refractivity contribution in [3.63, 3.8) is 0 Å². The Balaban J connectivity index is 0.00000288. The van der Waals surface area contributed by atoms with Crippen molar-refractivity contribution in [1.82, 2.24) is 0 Å². The molecule has 0 aliphatic carbocycles. The fourth-order valence-corrected chi connectivity index (χ4v) is 2.25. The topological polar surface area (TPSA) is 88.7 Å². The lowest BCUT2D eigenvalue weighted by Gasteiger charge is -2.10. The van der Waals surface area contributed by atoms with Gasteiger partial charge in [-0.25, -0.2) is 4.99 Å². The summed E-state index contributed by atoms with van der Waals surface area (Å²) in [6, 6.07) is 14.6. The van der Waals surface area contributed by atoms with Gasteiger partial charge in [-0.3, -0.25) is 4.79 Å². The Kier molecular flexibility index (Phi) is 8.55. The van der Waals surface area contributed by atoms with Crippen molar-refractivity contribution in [2.75, 3.05) is 24.3 Å². The van der Waals surface area contributed by atoms with E-state index in [0.29, 0.717) is 17.1 Å². The number of halogens is 2. The van der Waals surface area contributed by atoms with Gasteiger partial charge in [0.2, 0.25) is 5.91 Å². The largest absolute Gasteiger partial charge is 0.495 e. The Morgan fingerprint density at radius 2 is 1.96 bits per heavy atom. The molecule has 0 radical (unpaired) electrons. The Bertz CT molecular complexity index is 725. The maximum absolute atomic E-state index is 11.9. The van der Waals surface area contributed by atoms with Crippen LogP contribution in [-0.4, -0.2) is 25.5 Å². The average Bonchev–Trinajstić information content (AvgIpc) is 2.53. The predicted octanol–water partition coefficient (Wildman–Crippen LogP) is 3.44. The van der Waals surface area contributed by atoms with Gasteiger partial charge in [0, 0.05) is 10.2 Å². The number of hydrogen-bond donors (Lipinski definition) is 3. The zero-order valence-corrected chi connectivity index (χ0v) is 16.9. The summed E-state index contributed by atoms with van der Waals surface area (Å²) in [5.74, 6) is 0.524. The Labute approximate surface area is 166 Å². The van der Waals surface area contributed by atoms with Gasteiger partial charge in [-0.2, -0.15) is 0 Å². The number of carbonyl (C=O) groups excluding carboxylic acids is 1. The van der Waals surface area contributed by atoms with E-state index in [0.717, 1.165) is 4.47 Å². The van der Waals surface area contributed by atoms with Gasteiger partial charge in [0.1, 0.15) is 12.3 Å². The number of aliphatic imine (C=N–C) groups is 1. The normalized spacial score (nSPS) is 10.5. The standard InChI is InChI=1S/C16H17BrN4O2.HI/c1-23-14-8-3-2-7-13(14)21-16(18)19-10-15(22)20-12-6-4-5-11(17)9-12;/h2-9H,10H2,1H3,(H,20,22)(H3,18,19,21);1H. The van der Waals surface area contributed by atoms with E-state index in [2.05, 4.69) is 31.6 Å². The molecule has 0 saturated heterocycles. The summed E-state index contributed by atoms with van der Waals surface area (Å²) >= 11 is 3.34. The van der Waals surface area contributed by atoms with Gasteiger partial charge in [-0.1, -0.05) is 34.1 Å². The fourth-order valence-electron chi connectivity index (χ4n) is 1.85. The number of nitrogens with one attached hydrogen (secondary N) is 2. The van der Waals surface area contributed by atoms with Crippen LogP contribution in [0, 0.1) is 0 Å². The number of anilines is 2. The molecule has 0 bridgehead atoms. The summed E-state index contributed by atoms with van der Waals surface area (Å²) in [4.78, 5) is 15.9. The molecule has 4 N–H and O–H groups in total. The van der Waals surface area contributed by atoms with Gasteiger partial charge in [-0.05, 0) is 30.3 Å². The average molecular weight is 505 g/mol. The van der Waals surface area contributed by atoms with Crippen LogP contribution in [0.3, 0.4) is 0 Å². The third-order valence-corrected chi connectivity index (χ3v) is 3.36. The van der Waals surface area contributed by atoms with Crippen LogP contribution in [0.5, 0.6) is 5.75 Å². The summed E-state index contributed by atoms with van der Waals surface area (Å²) in [7, 11) is 1.57. The number of nitrogens with two attached hydrogens (primary N) is 1. The third-order valence-electron chi connectivity index (χ3n) is 2.87. The maximum Gasteiger partial charge on any atom is 0.246 e. The third kappa shape index (κ3) is 6.36. The van der Waals surface area contributed by atoms with Crippen LogP contribution in [0.1, 0.15) is 0 Å². The highest BCUT2D eigenvalue weighted by molar-refractivity contribution is 14.0. The van der Waals surface area contributed by atoms with Crippen LogP contribution in [-0.2, 0) is 4.79 Å². The second kappa shape index (κ2) is 10.1. The van der Waals surface area contributed by atoms with E-state index >= 15 is 0 Å². The lowest BCUT2D eigenvalue weighted by Crippen LogP contribution is -2.25. The molecule has 1 amide bonds. The molecule has 8 heteroatoms. The molecule has 0 aliphatic rings. The molecule has 0 fully saturated rings. The molecule has 6 nitrogen and oxygen atoms in total. The molecule has 24 heavy (non-hydrogen) atoms. The van der Waals surface area contributed by atoms with Crippen LogP contribution in [0.2, 0.25) is 0 Å². The van der Waals surface area contributed by atoms with Gasteiger partial charge in [0.25, 0.3) is 0 Å². The summed E-state index contributed by atoms with van der Waals surface area (Å²) in [5, 5.41) is 5.65. The van der Waals surface area contributed by atoms with Crippen LogP contribution in [0.15, 0.2) is 58.0 Å². The highest BCUT2D eigenvalue weighted by atomic mass is 127. The summed E-state index contributed by atoms with van der Waals surface area (Å²) in [6.45, 7) is -0.0828. The van der Waals surface area contributed by atoms with Crippen molar-refractivity contribution < 1.29 is 9.53 Å². The van der Waals surface area contributed by atoms with Crippen LogP contribution in [0.4, 0.5) is 11.4 Å². The van der Waals surface area contributed by atoms with Crippen molar-refractivity contribution in [1.29, 1.82) is 0 Å². The molecule has 2 rings (SSSR count). The molecule has 0 spiro atoms. The minimum absolute atomic E-state index is 0. The van der Waals surface area contributed by atoms with Gasteiger partial charge in [0.15, 0.2) is 5.96 Å². The molecule has 2 aromatic carbocycles. The maximum atomic E-state index is 11.9. The Hall–Kier alpha value is -1.81. The van der Waals surface area contributed by atoms with Crippen molar-refractivity contribution in [2.45, 2.75) is 0 Å². The number of nitrogens with zero attached hydrogens (tertiary/aromatic N) is 1. The summed E-state index contributed by atoms with van der Waals surface area (Å²) in [5.41, 5.74) is 7.17. The number of ether oxygens (including phenoxy) is 1. The molecule has 0 atom stereocenters. The molecule has 2 aromatic rings. The zero-order valence-electron chi connectivity index (χ0n) is 13.0. The van der Waals surface area contributed by atoms with E-state index in [-0.39, 0.29) is 42.4 Å². The molecule has 0 aliphatic heterocycles. The lowest BCUT2D eigenvalue weighted by atomic mass is 10.3. The minimum Gasteiger partial charge on any atom is -0.495 e. The molecule has 0 heterocycles. The number of carbonyl (C=O) groups is 1. The highest BCUT2D eigenvalue weighted by Gasteiger charge is 2.04. The smallest absolute Gasteiger partial charge is 0.246 e. The number of benzene rings is 2. The summed E-state index contributed by atoms with van der Waals surface area (Å²) < 4.78 is 6.09. The second-order valence-corrected chi connectivity index (χ2v) is 5.50. The quantitative estimate of drug-likeness (QED) is 0.330. The molecule has 128 valence electrons. The number of hydrogen-bond acceptors (Lipinski definition) is 3. The van der Waals surface area contributed by atoms with Gasteiger partial charge in [-0.15, -0.1) is 24.0 Å². The zero-order chi connectivity index (χ0) is 16.7. The van der Waals surface area contributed by atoms with Gasteiger partial charge < -0.3 is 21.1 Å². The number of methoxy groups -OCH3 is 1. The van der Waals surface area contributed by atoms with E-state index < -0.39 is 0 Å². The van der Waals surface area contributed by atoms with E-state index in [1.165, 1.54) is 0 Å². The lowest BCUT2D eigenvalue weighted by molar-refractivity contribution is -0.114. The Morgan fingerprint density at radius 3 is 2.67 bits per heavy atom. The first-order chi connectivity index (χ1) is 11.1. The van der Waals surface area contributed by atoms with E-state index in [1.54, 1.807) is 25.3 Å². The predicted molar refractivity (Wildman–Crippen MR) is 111 cm³/mol. The number of amides is 1. The van der Waals surface area contributed by atoms with E-state index in [4.69, 9.17) is 10.5 Å². The number of para-hydroxylation sites is 2. The van der Waals surface area contributed by atoms with Crippen LogP contribution < -0.4 is 21.1 Å². The highest BCUT2D eigenvalue weighted by Crippen LogP contribution is 2.22. The number of guanidine groups is 1. The molecular weight excluding hydrogens is 487 g/mol. The minimum atomic E-state index is -0.257. The van der Waals surface area contributed by atoms with Crippen molar-refractivity contribution >= 4 is 63.1 Å². The van der Waals surface area contributed by atoms with Crippen LogP contribution in [0.25, 0.3) is 0 Å². The van der Waals surface area contributed by atoms with Crippen molar-refractivity contribution in [3.8, 4) is 5.75 Å². The van der Waals surface area contributed by atoms with Crippen molar-refractivity contribution in [3.05, 3.63) is 53.0 Å². The van der Waals surface area contributed by atoms with Crippen molar-refractivity contribution in [2.24, 2.45) is 10.7 Å². The first kappa shape index (κ1) is 20.2. The summed E-state index contributed by atoms with van der Waals surface area (Å²) in [6.07, 6.45) is 0. The fraction of sp³-hybridized carbons (Fsp3) is 0.125. The molecule has 0 unspecified atom stereocenters. The second-order valence-electron chi connectivity index (χ2n) is 4.59. The Morgan fingerprint density at radius 1 is 1.21 bits per heavy atom. The molecular formula is C16H18BrIN4O2. The van der Waals surface area contributed by atoms with Crippen LogP contribution >= 0.6 is 39.9 Å².